The molecule has 0 saturated heterocycles. The summed E-state index contributed by atoms with van der Waals surface area (Å²) in [5.41, 5.74) is 0.678. The number of hydrogen-bond acceptors (Lipinski definition) is 2. The first-order valence-electron chi connectivity index (χ1n) is 5.50. The molecule has 0 fully saturated rings. The van der Waals surface area contributed by atoms with Gasteiger partial charge in [-0.25, -0.2) is 0 Å². The average Bonchev–Trinajstić information content (AvgIpc) is 2.35. The number of carbonyl (C=O) groups is 1. The predicted molar refractivity (Wildman–Crippen MR) is 66.1 cm³/mol. The van der Waals surface area contributed by atoms with E-state index >= 15 is 0 Å². The normalized spacial score (nSPS) is 14.4. The van der Waals surface area contributed by atoms with E-state index in [0.717, 1.165) is 6.42 Å². The first-order chi connectivity index (χ1) is 7.65. The Labute approximate surface area is 102 Å². The van der Waals surface area contributed by atoms with Crippen molar-refractivity contribution in [1.82, 2.24) is 0 Å². The van der Waals surface area contributed by atoms with Crippen LogP contribution in [-0.4, -0.2) is 23.9 Å². The number of ether oxygens (including phenoxy) is 1. The molecular formula is C13H17ClO2. The summed E-state index contributed by atoms with van der Waals surface area (Å²) in [5.74, 6) is 0.000528. The summed E-state index contributed by atoms with van der Waals surface area (Å²) in [6.07, 6.45) is 0.406. The van der Waals surface area contributed by atoms with Gasteiger partial charge >= 0.3 is 0 Å². The molecule has 16 heavy (non-hydrogen) atoms. The Balaban J connectivity index is 2.49. The molecule has 1 rings (SSSR count). The zero-order valence-corrected chi connectivity index (χ0v) is 10.4. The Morgan fingerprint density at radius 3 is 2.56 bits per heavy atom. The van der Waals surface area contributed by atoms with Crippen LogP contribution >= 0.6 is 11.6 Å². The standard InChI is InChI=1S/C13H17ClO2/c1-3-12(14)9-16-10(2)13(15)11-7-5-4-6-8-11/h4-8,10,12H,3,9H2,1-2H3. The van der Waals surface area contributed by atoms with E-state index in [1.165, 1.54) is 0 Å². The number of ketones is 1. The number of benzene rings is 1. The van der Waals surface area contributed by atoms with Crippen LogP contribution in [0.1, 0.15) is 30.6 Å². The maximum absolute atomic E-state index is 11.9. The van der Waals surface area contributed by atoms with Gasteiger partial charge in [-0.05, 0) is 13.3 Å². The van der Waals surface area contributed by atoms with Crippen LogP contribution in [-0.2, 0) is 4.74 Å². The Hall–Kier alpha value is -0.860. The van der Waals surface area contributed by atoms with Gasteiger partial charge in [0.15, 0.2) is 5.78 Å². The molecule has 0 aliphatic rings. The molecule has 2 unspecified atom stereocenters. The fraction of sp³-hybridized carbons (Fsp3) is 0.462. The lowest BCUT2D eigenvalue weighted by molar-refractivity contribution is 0.0476. The molecule has 1 aromatic carbocycles. The molecule has 0 radical (unpaired) electrons. The summed E-state index contributed by atoms with van der Waals surface area (Å²) in [7, 11) is 0. The Morgan fingerprint density at radius 2 is 2.00 bits per heavy atom. The number of carbonyl (C=O) groups excluding carboxylic acids is 1. The number of halogens is 1. The van der Waals surface area contributed by atoms with Crippen LogP contribution in [0.15, 0.2) is 30.3 Å². The fourth-order valence-corrected chi connectivity index (χ4v) is 1.35. The van der Waals surface area contributed by atoms with Gasteiger partial charge in [0.25, 0.3) is 0 Å². The van der Waals surface area contributed by atoms with Gasteiger partial charge in [0, 0.05) is 5.56 Å². The number of rotatable bonds is 6. The van der Waals surface area contributed by atoms with Crippen LogP contribution in [0, 0.1) is 0 Å². The highest BCUT2D eigenvalue weighted by molar-refractivity contribution is 6.20. The molecule has 2 nitrogen and oxygen atoms in total. The molecule has 0 spiro atoms. The van der Waals surface area contributed by atoms with Crippen molar-refractivity contribution in [3.63, 3.8) is 0 Å². The summed E-state index contributed by atoms with van der Waals surface area (Å²) in [6, 6.07) is 9.15. The second kappa shape index (κ2) is 6.66. The maximum Gasteiger partial charge on any atom is 0.191 e. The summed E-state index contributed by atoms with van der Waals surface area (Å²) in [6.45, 7) is 4.16. The van der Waals surface area contributed by atoms with E-state index in [0.29, 0.717) is 12.2 Å². The zero-order chi connectivity index (χ0) is 12.0. The van der Waals surface area contributed by atoms with Crippen molar-refractivity contribution < 1.29 is 9.53 Å². The van der Waals surface area contributed by atoms with Crippen molar-refractivity contribution >= 4 is 17.4 Å². The van der Waals surface area contributed by atoms with Crippen molar-refractivity contribution in [2.75, 3.05) is 6.61 Å². The Bertz CT molecular complexity index is 324. The fourth-order valence-electron chi connectivity index (χ4n) is 1.28. The highest BCUT2D eigenvalue weighted by Gasteiger charge is 2.16. The van der Waals surface area contributed by atoms with Crippen LogP contribution in [0.25, 0.3) is 0 Å². The predicted octanol–water partition coefficient (Wildman–Crippen LogP) is 3.29. The molecule has 0 bridgehead atoms. The number of alkyl halides is 1. The minimum absolute atomic E-state index is 0.000528. The molecule has 0 amide bonds. The SMILES string of the molecule is CCC(Cl)COC(C)C(=O)c1ccccc1. The highest BCUT2D eigenvalue weighted by Crippen LogP contribution is 2.08. The van der Waals surface area contributed by atoms with Crippen molar-refractivity contribution in [3.05, 3.63) is 35.9 Å². The van der Waals surface area contributed by atoms with Gasteiger partial charge in [0.2, 0.25) is 0 Å². The molecule has 2 atom stereocenters. The van der Waals surface area contributed by atoms with Gasteiger partial charge in [-0.3, -0.25) is 4.79 Å². The summed E-state index contributed by atoms with van der Waals surface area (Å²) >= 11 is 5.92. The molecule has 0 aliphatic carbocycles. The van der Waals surface area contributed by atoms with Crippen molar-refractivity contribution in [2.24, 2.45) is 0 Å². The Morgan fingerprint density at radius 1 is 1.38 bits per heavy atom. The molecule has 0 N–H and O–H groups in total. The van der Waals surface area contributed by atoms with E-state index < -0.39 is 6.10 Å². The molecule has 0 aromatic heterocycles. The Kier molecular flexibility index (Phi) is 5.50. The van der Waals surface area contributed by atoms with E-state index in [-0.39, 0.29) is 11.2 Å². The summed E-state index contributed by atoms with van der Waals surface area (Å²) in [4.78, 5) is 11.9. The van der Waals surface area contributed by atoms with E-state index in [9.17, 15) is 4.79 Å². The lowest BCUT2D eigenvalue weighted by Crippen LogP contribution is -2.24. The van der Waals surface area contributed by atoms with Crippen LogP contribution in [0.2, 0.25) is 0 Å². The summed E-state index contributed by atoms with van der Waals surface area (Å²) < 4.78 is 5.43. The third kappa shape index (κ3) is 3.95. The minimum atomic E-state index is -0.435. The van der Waals surface area contributed by atoms with Gasteiger partial charge in [0.1, 0.15) is 6.10 Å². The molecule has 0 saturated carbocycles. The first kappa shape index (κ1) is 13.2. The van der Waals surface area contributed by atoms with Crippen LogP contribution in [0.5, 0.6) is 0 Å². The number of Topliss-reactive ketones (excluding diaryl/α,β-unsaturated/α-hetero) is 1. The average molecular weight is 241 g/mol. The molecule has 88 valence electrons. The molecule has 3 heteroatoms. The number of hydrogen-bond donors (Lipinski definition) is 0. The largest absolute Gasteiger partial charge is 0.369 e. The van der Waals surface area contributed by atoms with Crippen LogP contribution in [0.3, 0.4) is 0 Å². The van der Waals surface area contributed by atoms with Crippen LogP contribution in [0.4, 0.5) is 0 Å². The molecular weight excluding hydrogens is 224 g/mol. The third-order valence-corrected chi connectivity index (χ3v) is 2.83. The zero-order valence-electron chi connectivity index (χ0n) is 9.65. The smallest absolute Gasteiger partial charge is 0.191 e. The lowest BCUT2D eigenvalue weighted by atomic mass is 10.1. The lowest BCUT2D eigenvalue weighted by Gasteiger charge is -2.14. The quantitative estimate of drug-likeness (QED) is 0.563. The van der Waals surface area contributed by atoms with E-state index in [1.54, 1.807) is 19.1 Å². The van der Waals surface area contributed by atoms with E-state index in [1.807, 2.05) is 25.1 Å². The van der Waals surface area contributed by atoms with Crippen molar-refractivity contribution in [2.45, 2.75) is 31.7 Å². The first-order valence-corrected chi connectivity index (χ1v) is 5.93. The van der Waals surface area contributed by atoms with Crippen molar-refractivity contribution in [3.8, 4) is 0 Å². The van der Waals surface area contributed by atoms with Crippen LogP contribution < -0.4 is 0 Å². The summed E-state index contributed by atoms with van der Waals surface area (Å²) in [5, 5.41) is -0.0222. The van der Waals surface area contributed by atoms with Gasteiger partial charge in [0.05, 0.1) is 12.0 Å². The van der Waals surface area contributed by atoms with E-state index in [4.69, 9.17) is 16.3 Å². The van der Waals surface area contributed by atoms with Gasteiger partial charge < -0.3 is 4.74 Å². The van der Waals surface area contributed by atoms with Gasteiger partial charge in [-0.15, -0.1) is 11.6 Å². The topological polar surface area (TPSA) is 26.3 Å². The monoisotopic (exact) mass is 240 g/mol. The second-order valence-electron chi connectivity index (χ2n) is 3.71. The highest BCUT2D eigenvalue weighted by atomic mass is 35.5. The second-order valence-corrected chi connectivity index (χ2v) is 4.33. The van der Waals surface area contributed by atoms with Gasteiger partial charge in [-0.1, -0.05) is 37.3 Å². The molecule has 0 heterocycles. The molecule has 0 aliphatic heterocycles. The molecule has 1 aromatic rings. The van der Waals surface area contributed by atoms with Gasteiger partial charge in [-0.2, -0.15) is 0 Å². The minimum Gasteiger partial charge on any atom is -0.369 e. The third-order valence-electron chi connectivity index (χ3n) is 2.40. The maximum atomic E-state index is 11.9. The van der Waals surface area contributed by atoms with E-state index in [2.05, 4.69) is 0 Å². The van der Waals surface area contributed by atoms with Crippen molar-refractivity contribution in [1.29, 1.82) is 0 Å².